The molecular formula is C11H14BrClO3S. The minimum atomic E-state index is -3.56. The highest BCUT2D eigenvalue weighted by Crippen LogP contribution is 2.35. The molecule has 0 N–H and O–H groups in total. The molecule has 0 aliphatic carbocycles. The Labute approximate surface area is 115 Å². The summed E-state index contributed by atoms with van der Waals surface area (Å²) in [4.78, 5) is 0. The SMILES string of the molecule is COc1cc(CS(=O)(=O)Cl)cc(Br)c1C(C)C. The summed E-state index contributed by atoms with van der Waals surface area (Å²) in [6, 6.07) is 3.47. The van der Waals surface area contributed by atoms with Crippen LogP contribution in [0, 0.1) is 0 Å². The Balaban J connectivity index is 3.27. The maximum atomic E-state index is 11.0. The smallest absolute Gasteiger partial charge is 0.236 e. The molecule has 0 heterocycles. The number of hydrogen-bond acceptors (Lipinski definition) is 3. The summed E-state index contributed by atoms with van der Waals surface area (Å²) in [7, 11) is 3.24. The van der Waals surface area contributed by atoms with Crippen LogP contribution in [0.4, 0.5) is 0 Å². The van der Waals surface area contributed by atoms with Crippen molar-refractivity contribution in [3.8, 4) is 5.75 Å². The van der Waals surface area contributed by atoms with Gasteiger partial charge in [-0.2, -0.15) is 0 Å². The normalized spacial score (nSPS) is 11.9. The molecular weight excluding hydrogens is 328 g/mol. The number of ether oxygens (including phenoxy) is 1. The molecule has 0 unspecified atom stereocenters. The van der Waals surface area contributed by atoms with Gasteiger partial charge in [-0.05, 0) is 23.6 Å². The molecule has 0 atom stereocenters. The van der Waals surface area contributed by atoms with Gasteiger partial charge in [-0.1, -0.05) is 29.8 Å². The van der Waals surface area contributed by atoms with Gasteiger partial charge in [0.15, 0.2) is 0 Å². The molecule has 96 valence electrons. The first kappa shape index (κ1) is 14.8. The average Bonchev–Trinajstić information content (AvgIpc) is 2.12. The molecule has 1 aromatic rings. The highest BCUT2D eigenvalue weighted by molar-refractivity contribution is 9.10. The predicted octanol–water partition coefficient (Wildman–Crippen LogP) is 3.65. The van der Waals surface area contributed by atoms with Gasteiger partial charge in [0.25, 0.3) is 0 Å². The van der Waals surface area contributed by atoms with Crippen LogP contribution in [0.3, 0.4) is 0 Å². The van der Waals surface area contributed by atoms with Gasteiger partial charge in [-0.3, -0.25) is 0 Å². The number of methoxy groups -OCH3 is 1. The Bertz CT molecular complexity index is 512. The van der Waals surface area contributed by atoms with Crippen molar-refractivity contribution in [1.82, 2.24) is 0 Å². The molecule has 3 nitrogen and oxygen atoms in total. The van der Waals surface area contributed by atoms with E-state index in [0.29, 0.717) is 11.3 Å². The van der Waals surface area contributed by atoms with Gasteiger partial charge in [0.05, 0.1) is 12.9 Å². The third kappa shape index (κ3) is 4.16. The standard InChI is InChI=1S/C11H14BrClO3S/c1-7(2)11-9(12)4-8(5-10(11)16-3)6-17(13,14)15/h4-5,7H,6H2,1-3H3. The molecule has 0 saturated carbocycles. The van der Waals surface area contributed by atoms with Gasteiger partial charge < -0.3 is 4.74 Å². The van der Waals surface area contributed by atoms with Crippen molar-refractivity contribution in [1.29, 1.82) is 0 Å². The zero-order valence-corrected chi connectivity index (χ0v) is 13.0. The minimum Gasteiger partial charge on any atom is -0.496 e. The number of benzene rings is 1. The van der Waals surface area contributed by atoms with E-state index in [2.05, 4.69) is 15.9 Å². The van der Waals surface area contributed by atoms with Gasteiger partial charge in [-0.15, -0.1) is 0 Å². The first-order chi connectivity index (χ1) is 7.74. The fourth-order valence-electron chi connectivity index (χ4n) is 1.66. The lowest BCUT2D eigenvalue weighted by molar-refractivity contribution is 0.406. The second-order valence-electron chi connectivity index (χ2n) is 4.03. The van der Waals surface area contributed by atoms with Crippen molar-refractivity contribution in [2.24, 2.45) is 0 Å². The largest absolute Gasteiger partial charge is 0.496 e. The number of rotatable bonds is 4. The number of halogens is 2. The molecule has 1 rings (SSSR count). The van der Waals surface area contributed by atoms with Crippen molar-refractivity contribution in [2.45, 2.75) is 25.5 Å². The Morgan fingerprint density at radius 2 is 2.00 bits per heavy atom. The van der Waals surface area contributed by atoms with Crippen molar-refractivity contribution >= 4 is 35.7 Å². The fraction of sp³-hybridized carbons (Fsp3) is 0.455. The summed E-state index contributed by atoms with van der Waals surface area (Å²) in [5.41, 5.74) is 1.62. The van der Waals surface area contributed by atoms with Crippen LogP contribution in [-0.4, -0.2) is 15.5 Å². The molecule has 6 heteroatoms. The van der Waals surface area contributed by atoms with E-state index in [0.717, 1.165) is 10.0 Å². The van der Waals surface area contributed by atoms with E-state index >= 15 is 0 Å². The van der Waals surface area contributed by atoms with E-state index in [1.807, 2.05) is 13.8 Å². The zero-order valence-electron chi connectivity index (χ0n) is 9.83. The Morgan fingerprint density at radius 1 is 1.41 bits per heavy atom. The van der Waals surface area contributed by atoms with E-state index in [4.69, 9.17) is 15.4 Å². The Hall–Kier alpha value is -0.260. The lowest BCUT2D eigenvalue weighted by Gasteiger charge is -2.15. The van der Waals surface area contributed by atoms with Gasteiger partial charge in [0.1, 0.15) is 5.75 Å². The molecule has 0 aliphatic heterocycles. The van der Waals surface area contributed by atoms with E-state index in [1.54, 1.807) is 19.2 Å². The predicted molar refractivity (Wildman–Crippen MR) is 73.3 cm³/mol. The van der Waals surface area contributed by atoms with Crippen LogP contribution in [0.25, 0.3) is 0 Å². The van der Waals surface area contributed by atoms with Crippen LogP contribution >= 0.6 is 26.6 Å². The lowest BCUT2D eigenvalue weighted by Crippen LogP contribution is -2.00. The van der Waals surface area contributed by atoms with Crippen molar-refractivity contribution < 1.29 is 13.2 Å². The van der Waals surface area contributed by atoms with Crippen molar-refractivity contribution in [3.63, 3.8) is 0 Å². The summed E-state index contributed by atoms with van der Waals surface area (Å²) < 4.78 is 28.2. The van der Waals surface area contributed by atoms with Gasteiger partial charge in [0.2, 0.25) is 9.05 Å². The van der Waals surface area contributed by atoms with E-state index < -0.39 is 9.05 Å². The molecule has 0 saturated heterocycles. The van der Waals surface area contributed by atoms with Crippen molar-refractivity contribution in [2.75, 3.05) is 7.11 Å². The van der Waals surface area contributed by atoms with Crippen LogP contribution in [0.15, 0.2) is 16.6 Å². The molecule has 0 aliphatic rings. The molecule has 17 heavy (non-hydrogen) atoms. The van der Waals surface area contributed by atoms with E-state index in [9.17, 15) is 8.42 Å². The maximum Gasteiger partial charge on any atom is 0.236 e. The first-order valence-corrected chi connectivity index (χ1v) is 8.30. The Morgan fingerprint density at radius 3 is 2.41 bits per heavy atom. The molecule has 0 radical (unpaired) electrons. The molecule has 0 bridgehead atoms. The molecule has 0 fully saturated rings. The van der Waals surface area contributed by atoms with Crippen LogP contribution in [0.2, 0.25) is 0 Å². The summed E-state index contributed by atoms with van der Waals surface area (Å²) in [6.07, 6.45) is 0. The highest BCUT2D eigenvalue weighted by Gasteiger charge is 2.16. The van der Waals surface area contributed by atoms with Crippen LogP contribution in [0.1, 0.15) is 30.9 Å². The van der Waals surface area contributed by atoms with Gasteiger partial charge >= 0.3 is 0 Å². The van der Waals surface area contributed by atoms with E-state index in [1.165, 1.54) is 0 Å². The molecule has 1 aromatic carbocycles. The third-order valence-corrected chi connectivity index (χ3v) is 3.95. The summed E-state index contributed by atoms with van der Waals surface area (Å²) in [6.45, 7) is 4.08. The number of hydrogen-bond donors (Lipinski definition) is 0. The van der Waals surface area contributed by atoms with Gasteiger partial charge in [0, 0.05) is 20.7 Å². The Kier molecular flexibility index (Phi) is 4.86. The van der Waals surface area contributed by atoms with E-state index in [-0.39, 0.29) is 11.7 Å². The third-order valence-electron chi connectivity index (χ3n) is 2.29. The van der Waals surface area contributed by atoms with Crippen LogP contribution in [0.5, 0.6) is 5.75 Å². The second kappa shape index (κ2) is 5.59. The quantitative estimate of drug-likeness (QED) is 0.785. The fourth-order valence-corrected chi connectivity index (χ4v) is 3.55. The molecule has 0 spiro atoms. The average molecular weight is 342 g/mol. The zero-order chi connectivity index (χ0) is 13.2. The topological polar surface area (TPSA) is 43.4 Å². The molecule has 0 aromatic heterocycles. The van der Waals surface area contributed by atoms with Crippen LogP contribution < -0.4 is 4.74 Å². The molecule has 0 amide bonds. The lowest BCUT2D eigenvalue weighted by atomic mass is 10.0. The maximum absolute atomic E-state index is 11.0. The highest BCUT2D eigenvalue weighted by atomic mass is 79.9. The van der Waals surface area contributed by atoms with Crippen molar-refractivity contribution in [3.05, 3.63) is 27.7 Å². The summed E-state index contributed by atoms with van der Waals surface area (Å²) >= 11 is 3.43. The monoisotopic (exact) mass is 340 g/mol. The summed E-state index contributed by atoms with van der Waals surface area (Å²) in [5.74, 6) is 0.743. The van der Waals surface area contributed by atoms with Crippen LogP contribution in [-0.2, 0) is 14.8 Å². The minimum absolute atomic E-state index is 0.206. The first-order valence-electron chi connectivity index (χ1n) is 5.03. The van der Waals surface area contributed by atoms with Gasteiger partial charge in [-0.25, -0.2) is 8.42 Å². The summed E-state index contributed by atoms with van der Waals surface area (Å²) in [5, 5.41) is 0. The second-order valence-corrected chi connectivity index (χ2v) is 7.66.